The number of hydrogen-bond acceptors (Lipinski definition) is 3. The maximum Gasteiger partial charge on any atom is 0.173 e. The Balaban J connectivity index is 4.95. The van der Waals surface area contributed by atoms with Crippen LogP contribution in [-0.2, 0) is 14.4 Å². The first-order valence-corrected chi connectivity index (χ1v) is 3.57. The quantitative estimate of drug-likeness (QED) is 0.448. The second-order valence-corrected chi connectivity index (χ2v) is 2.25. The van der Waals surface area contributed by atoms with E-state index in [-0.39, 0.29) is 0 Å². The lowest BCUT2D eigenvalue weighted by Gasteiger charge is -2.05. The van der Waals surface area contributed by atoms with Gasteiger partial charge >= 0.3 is 0 Å². The minimum Gasteiger partial charge on any atom is -0.294 e. The molecule has 13 heavy (non-hydrogen) atoms. The Morgan fingerprint density at radius 1 is 0.769 bits per heavy atom. The van der Waals surface area contributed by atoms with Crippen LogP contribution in [-0.4, -0.2) is 17.3 Å². The van der Waals surface area contributed by atoms with Crippen molar-refractivity contribution in [2.45, 2.75) is 0 Å². The number of allylic oxidation sites excluding steroid dienone is 3. The Bertz CT molecular complexity index is 239. The van der Waals surface area contributed by atoms with E-state index in [2.05, 4.69) is 19.7 Å². The Morgan fingerprint density at radius 3 is 1.15 bits per heavy atom. The minimum atomic E-state index is -1.34. The van der Waals surface area contributed by atoms with Gasteiger partial charge in [-0.25, -0.2) is 0 Å². The van der Waals surface area contributed by atoms with Crippen LogP contribution in [0.2, 0.25) is 0 Å². The van der Waals surface area contributed by atoms with Crippen LogP contribution in [0.4, 0.5) is 0 Å². The van der Waals surface area contributed by atoms with E-state index in [4.69, 9.17) is 0 Å². The van der Waals surface area contributed by atoms with Gasteiger partial charge in [0, 0.05) is 0 Å². The van der Waals surface area contributed by atoms with Crippen molar-refractivity contribution in [3.05, 3.63) is 38.0 Å². The zero-order chi connectivity index (χ0) is 10.4. The fourth-order valence-electron chi connectivity index (χ4n) is 0.774. The fraction of sp³-hybridized carbons (Fsp3) is 0.100. The van der Waals surface area contributed by atoms with Crippen LogP contribution >= 0.6 is 0 Å². The average molecular weight is 178 g/mol. The first-order chi connectivity index (χ1) is 6.08. The number of hydrogen-bond donors (Lipinski definition) is 0. The zero-order valence-electron chi connectivity index (χ0n) is 7.16. The lowest BCUT2D eigenvalue weighted by molar-refractivity contribution is -0.134. The normalized spacial score (nSPS) is 9.00. The Kier molecular flexibility index (Phi) is 4.30. The molecule has 0 unspecified atom stereocenters. The van der Waals surface area contributed by atoms with Gasteiger partial charge in [-0.05, 0) is 18.2 Å². The van der Waals surface area contributed by atoms with Crippen LogP contribution in [0.25, 0.3) is 0 Å². The van der Waals surface area contributed by atoms with Crippen LogP contribution in [0.15, 0.2) is 38.0 Å². The minimum absolute atomic E-state index is 0.630. The molecule has 0 bridgehead atoms. The molecule has 0 aliphatic heterocycles. The van der Waals surface area contributed by atoms with E-state index in [1.54, 1.807) is 0 Å². The predicted octanol–water partition coefficient (Wildman–Crippen LogP) is 0.868. The van der Waals surface area contributed by atoms with Crippen molar-refractivity contribution in [2.75, 3.05) is 0 Å². The van der Waals surface area contributed by atoms with E-state index in [1.807, 2.05) is 0 Å². The summed E-state index contributed by atoms with van der Waals surface area (Å²) in [7, 11) is 0. The average Bonchev–Trinajstić information content (AvgIpc) is 2.16. The SMILES string of the molecule is C=CC(=O)C(C(=O)C=C)C(=O)C=C. The molecule has 0 spiro atoms. The topological polar surface area (TPSA) is 51.2 Å². The summed E-state index contributed by atoms with van der Waals surface area (Å²) in [6.45, 7) is 9.58. The van der Waals surface area contributed by atoms with E-state index in [1.165, 1.54) is 0 Å². The summed E-state index contributed by atoms with van der Waals surface area (Å²) in [6.07, 6.45) is 2.81. The first-order valence-electron chi connectivity index (χ1n) is 3.57. The molecule has 0 aromatic heterocycles. The molecular weight excluding hydrogens is 168 g/mol. The maximum atomic E-state index is 11.1. The molecule has 3 heteroatoms. The van der Waals surface area contributed by atoms with Gasteiger partial charge in [0.2, 0.25) is 0 Å². The second kappa shape index (κ2) is 4.98. The van der Waals surface area contributed by atoms with Gasteiger partial charge < -0.3 is 0 Å². The highest BCUT2D eigenvalue weighted by molar-refractivity contribution is 6.27. The van der Waals surface area contributed by atoms with Gasteiger partial charge in [-0.3, -0.25) is 14.4 Å². The smallest absolute Gasteiger partial charge is 0.173 e. The highest BCUT2D eigenvalue weighted by Crippen LogP contribution is 2.05. The van der Waals surface area contributed by atoms with Crippen LogP contribution in [0.3, 0.4) is 0 Å². The number of carbonyl (C=O) groups excluding carboxylic acids is 3. The molecule has 0 rings (SSSR count). The third-order valence-corrected chi connectivity index (χ3v) is 1.46. The highest BCUT2D eigenvalue weighted by atomic mass is 16.2. The van der Waals surface area contributed by atoms with Crippen LogP contribution in [0, 0.1) is 5.92 Å². The molecule has 0 saturated carbocycles. The van der Waals surface area contributed by atoms with Gasteiger partial charge in [-0.15, -0.1) is 0 Å². The summed E-state index contributed by atoms with van der Waals surface area (Å²) < 4.78 is 0. The number of carbonyl (C=O) groups is 3. The molecular formula is C10H10O3. The fourth-order valence-corrected chi connectivity index (χ4v) is 0.774. The molecule has 0 atom stereocenters. The molecule has 0 radical (unpaired) electrons. The third kappa shape index (κ3) is 2.63. The molecule has 0 aromatic rings. The summed E-state index contributed by atoms with van der Waals surface area (Å²) >= 11 is 0. The Hall–Kier alpha value is -1.77. The van der Waals surface area contributed by atoms with Crippen molar-refractivity contribution in [2.24, 2.45) is 5.92 Å². The molecule has 0 aliphatic carbocycles. The molecule has 0 aliphatic rings. The molecule has 0 fully saturated rings. The summed E-state index contributed by atoms with van der Waals surface area (Å²) in [5.41, 5.74) is 0. The largest absolute Gasteiger partial charge is 0.294 e. The number of ketones is 3. The molecule has 0 saturated heterocycles. The first kappa shape index (κ1) is 11.2. The molecule has 68 valence electrons. The van der Waals surface area contributed by atoms with E-state index in [0.29, 0.717) is 0 Å². The van der Waals surface area contributed by atoms with Gasteiger partial charge in [0.25, 0.3) is 0 Å². The Morgan fingerprint density at radius 2 is 1.00 bits per heavy atom. The molecule has 0 heterocycles. The van der Waals surface area contributed by atoms with E-state index < -0.39 is 23.3 Å². The van der Waals surface area contributed by atoms with Crippen molar-refractivity contribution < 1.29 is 14.4 Å². The van der Waals surface area contributed by atoms with Gasteiger partial charge in [0.1, 0.15) is 5.92 Å². The van der Waals surface area contributed by atoms with E-state index in [0.717, 1.165) is 18.2 Å². The van der Waals surface area contributed by atoms with Crippen LogP contribution < -0.4 is 0 Å². The van der Waals surface area contributed by atoms with Crippen molar-refractivity contribution >= 4 is 17.3 Å². The van der Waals surface area contributed by atoms with E-state index in [9.17, 15) is 14.4 Å². The van der Waals surface area contributed by atoms with Crippen LogP contribution in [0.1, 0.15) is 0 Å². The molecule has 3 nitrogen and oxygen atoms in total. The maximum absolute atomic E-state index is 11.1. The van der Waals surface area contributed by atoms with E-state index >= 15 is 0 Å². The van der Waals surface area contributed by atoms with Crippen molar-refractivity contribution in [3.63, 3.8) is 0 Å². The van der Waals surface area contributed by atoms with Crippen molar-refractivity contribution in [1.82, 2.24) is 0 Å². The highest BCUT2D eigenvalue weighted by Gasteiger charge is 2.27. The second-order valence-electron chi connectivity index (χ2n) is 2.25. The standard InChI is InChI=1S/C10H10O3/c1-4-7(11)10(8(12)5-2)9(13)6-3/h4-6,10H,1-3H2. The monoisotopic (exact) mass is 178 g/mol. The molecule has 0 aromatic carbocycles. The summed E-state index contributed by atoms with van der Waals surface area (Å²) in [6, 6.07) is 0. The van der Waals surface area contributed by atoms with Gasteiger partial charge in [-0.1, -0.05) is 19.7 Å². The van der Waals surface area contributed by atoms with Crippen LogP contribution in [0.5, 0.6) is 0 Å². The number of rotatable bonds is 6. The summed E-state index contributed by atoms with van der Waals surface area (Å²) in [5, 5.41) is 0. The summed E-state index contributed by atoms with van der Waals surface area (Å²) in [4.78, 5) is 33.2. The summed E-state index contributed by atoms with van der Waals surface area (Å²) in [5.74, 6) is -3.23. The van der Waals surface area contributed by atoms with Gasteiger partial charge in [0.05, 0.1) is 0 Å². The lowest BCUT2D eigenvalue weighted by atomic mass is 9.94. The molecule has 0 amide bonds. The lowest BCUT2D eigenvalue weighted by Crippen LogP contribution is -2.28. The molecule has 0 N–H and O–H groups in total. The zero-order valence-corrected chi connectivity index (χ0v) is 7.16. The Labute approximate surface area is 76.4 Å². The third-order valence-electron chi connectivity index (χ3n) is 1.46. The van der Waals surface area contributed by atoms with Crippen molar-refractivity contribution in [1.29, 1.82) is 0 Å². The van der Waals surface area contributed by atoms with Gasteiger partial charge in [0.15, 0.2) is 17.3 Å². The van der Waals surface area contributed by atoms with Gasteiger partial charge in [-0.2, -0.15) is 0 Å². The van der Waals surface area contributed by atoms with Crippen molar-refractivity contribution in [3.8, 4) is 0 Å². The predicted molar refractivity (Wildman–Crippen MR) is 49.1 cm³/mol.